The summed E-state index contributed by atoms with van der Waals surface area (Å²) in [4.78, 5) is 8.72. The maximum Gasteiger partial charge on any atom is 0.119 e. The molecule has 0 bridgehead atoms. The van der Waals surface area contributed by atoms with Crippen LogP contribution < -0.4 is 9.80 Å². The van der Waals surface area contributed by atoms with E-state index in [-0.39, 0.29) is 0 Å². The van der Waals surface area contributed by atoms with Crippen molar-refractivity contribution in [2.45, 2.75) is 12.0 Å². The lowest BCUT2D eigenvalue weighted by Crippen LogP contribution is -2.30. The number of nitrogens with zero attached hydrogens (tertiary/aromatic N) is 3. The smallest absolute Gasteiger partial charge is 0.119 e. The lowest BCUT2D eigenvalue weighted by atomic mass is 9.81. The minimum atomic E-state index is -1.17. The molecule has 0 spiro atoms. The summed E-state index contributed by atoms with van der Waals surface area (Å²) in [5.74, 6) is 0. The predicted octanol–water partition coefficient (Wildman–Crippen LogP) is 4.85. The molecule has 0 fully saturated rings. The highest BCUT2D eigenvalue weighted by atomic mass is 16.3. The van der Waals surface area contributed by atoms with Gasteiger partial charge in [-0.3, -0.25) is 4.98 Å². The molecule has 0 saturated carbocycles. The third-order valence-electron chi connectivity index (χ3n) is 5.83. The molecule has 0 radical (unpaired) electrons. The number of anilines is 2. The molecule has 3 aromatic carbocycles. The topological polar surface area (TPSA) is 39.6 Å². The maximum absolute atomic E-state index is 12.1. The van der Waals surface area contributed by atoms with E-state index in [1.807, 2.05) is 101 Å². The van der Waals surface area contributed by atoms with Crippen molar-refractivity contribution in [3.8, 4) is 0 Å². The van der Waals surface area contributed by atoms with Gasteiger partial charge in [-0.05, 0) is 53.1 Å². The molecule has 0 unspecified atom stereocenters. The van der Waals surface area contributed by atoms with E-state index in [4.69, 9.17) is 0 Å². The van der Waals surface area contributed by atoms with Gasteiger partial charge in [0.05, 0.1) is 5.52 Å². The van der Waals surface area contributed by atoms with Crippen molar-refractivity contribution < 1.29 is 5.11 Å². The number of hydrogen-bond acceptors (Lipinski definition) is 4. The molecule has 4 nitrogen and oxygen atoms in total. The van der Waals surface area contributed by atoms with Crippen molar-refractivity contribution in [3.63, 3.8) is 0 Å². The molecule has 4 aromatic rings. The van der Waals surface area contributed by atoms with Gasteiger partial charge in [-0.15, -0.1) is 0 Å². The van der Waals surface area contributed by atoms with Crippen molar-refractivity contribution in [2.75, 3.05) is 38.0 Å². The second kappa shape index (κ2) is 8.40. The Balaban J connectivity index is 1.78. The fourth-order valence-electron chi connectivity index (χ4n) is 3.95. The second-order valence-corrected chi connectivity index (χ2v) is 8.46. The van der Waals surface area contributed by atoms with E-state index in [0.29, 0.717) is 6.42 Å². The fraction of sp³-hybridized carbons (Fsp3) is 0.222. The first-order chi connectivity index (χ1) is 14.9. The van der Waals surface area contributed by atoms with E-state index in [9.17, 15) is 5.11 Å². The Hall–Kier alpha value is -3.37. The number of pyridine rings is 1. The molecule has 0 aliphatic heterocycles. The van der Waals surface area contributed by atoms with Gasteiger partial charge in [0, 0.05) is 57.6 Å². The largest absolute Gasteiger partial charge is 0.380 e. The van der Waals surface area contributed by atoms with Crippen molar-refractivity contribution in [2.24, 2.45) is 0 Å². The number of hydrogen-bond donors (Lipinski definition) is 1. The molecule has 1 heterocycles. The summed E-state index contributed by atoms with van der Waals surface area (Å²) in [6.07, 6.45) is 2.31. The van der Waals surface area contributed by atoms with Crippen molar-refractivity contribution >= 4 is 22.3 Å². The van der Waals surface area contributed by atoms with Crippen LogP contribution in [0.5, 0.6) is 0 Å². The van der Waals surface area contributed by atoms with E-state index >= 15 is 0 Å². The number of fused-ring (bicyclic) bond motifs is 1. The molecular formula is C27H29N3O. The molecule has 0 aliphatic rings. The van der Waals surface area contributed by atoms with E-state index in [1.165, 1.54) is 0 Å². The average molecular weight is 412 g/mol. The lowest BCUT2D eigenvalue weighted by molar-refractivity contribution is 0.0811. The van der Waals surface area contributed by atoms with Crippen molar-refractivity contribution in [1.29, 1.82) is 0 Å². The molecule has 0 saturated heterocycles. The third-order valence-corrected chi connectivity index (χ3v) is 5.83. The van der Waals surface area contributed by atoms with E-state index in [1.54, 1.807) is 0 Å². The Bertz CT molecular complexity index is 1110. The summed E-state index contributed by atoms with van der Waals surface area (Å²) in [6, 6.07) is 26.5. The van der Waals surface area contributed by atoms with Crippen LogP contribution in [0.4, 0.5) is 11.4 Å². The highest BCUT2D eigenvalue weighted by Gasteiger charge is 2.32. The zero-order valence-corrected chi connectivity index (χ0v) is 18.6. The standard InChI is InChI=1S/C27H29N3O/c1-29(2)24-13-9-22(10-14-24)27(31,23-11-15-25(16-12-23)30(3)4)18-20-17-21-7-5-6-8-26(21)28-19-20/h5-17,19,31H,18H2,1-4H3. The van der Waals surface area contributed by atoms with Gasteiger partial charge in [0.25, 0.3) is 0 Å². The third kappa shape index (κ3) is 4.25. The normalized spacial score (nSPS) is 11.5. The first kappa shape index (κ1) is 20.9. The van der Waals surface area contributed by atoms with Gasteiger partial charge in [-0.2, -0.15) is 0 Å². The fourth-order valence-corrected chi connectivity index (χ4v) is 3.95. The highest BCUT2D eigenvalue weighted by molar-refractivity contribution is 5.78. The van der Waals surface area contributed by atoms with Crippen LogP contribution in [0.3, 0.4) is 0 Å². The zero-order valence-electron chi connectivity index (χ0n) is 18.6. The van der Waals surface area contributed by atoms with E-state index in [0.717, 1.165) is 39.0 Å². The number of rotatable bonds is 6. The van der Waals surface area contributed by atoms with E-state index < -0.39 is 5.60 Å². The van der Waals surface area contributed by atoms with Crippen LogP contribution in [0.2, 0.25) is 0 Å². The SMILES string of the molecule is CN(C)c1ccc(C(O)(Cc2cnc3ccccc3c2)c2ccc(N(C)C)cc2)cc1. The van der Waals surface area contributed by atoms with Crippen LogP contribution in [0.25, 0.3) is 10.9 Å². The molecule has 158 valence electrons. The van der Waals surface area contributed by atoms with Gasteiger partial charge in [0.15, 0.2) is 0 Å². The Kier molecular flexibility index (Phi) is 5.66. The molecular weight excluding hydrogens is 382 g/mol. The number of para-hydroxylation sites is 1. The molecule has 0 atom stereocenters. The predicted molar refractivity (Wildman–Crippen MR) is 130 cm³/mol. The highest BCUT2D eigenvalue weighted by Crippen LogP contribution is 2.35. The lowest BCUT2D eigenvalue weighted by Gasteiger charge is -2.30. The summed E-state index contributed by atoms with van der Waals surface area (Å²) in [5.41, 5.74) is 4.71. The van der Waals surface area contributed by atoms with Crippen molar-refractivity contribution in [3.05, 3.63) is 102 Å². The minimum absolute atomic E-state index is 0.438. The molecule has 1 N–H and O–H groups in total. The molecule has 31 heavy (non-hydrogen) atoms. The average Bonchev–Trinajstić information content (AvgIpc) is 2.79. The number of benzene rings is 3. The Morgan fingerprint density at radius 1 is 0.742 bits per heavy atom. The first-order valence-electron chi connectivity index (χ1n) is 10.5. The van der Waals surface area contributed by atoms with Crippen LogP contribution in [-0.4, -0.2) is 38.3 Å². The summed E-state index contributed by atoms with van der Waals surface area (Å²) in [5, 5.41) is 13.2. The Morgan fingerprint density at radius 3 is 1.77 bits per heavy atom. The van der Waals surface area contributed by atoms with E-state index in [2.05, 4.69) is 26.9 Å². The van der Waals surface area contributed by atoms with Gasteiger partial charge in [0.2, 0.25) is 0 Å². The molecule has 0 amide bonds. The summed E-state index contributed by atoms with van der Waals surface area (Å²) >= 11 is 0. The Labute approximate surface area is 184 Å². The van der Waals surface area contributed by atoms with Gasteiger partial charge in [-0.25, -0.2) is 0 Å². The van der Waals surface area contributed by atoms with Crippen molar-refractivity contribution in [1.82, 2.24) is 4.98 Å². The summed E-state index contributed by atoms with van der Waals surface area (Å²) in [7, 11) is 8.06. The summed E-state index contributed by atoms with van der Waals surface area (Å²) in [6.45, 7) is 0. The number of aromatic nitrogens is 1. The Morgan fingerprint density at radius 2 is 1.26 bits per heavy atom. The molecule has 0 aliphatic carbocycles. The van der Waals surface area contributed by atoms with Crippen LogP contribution >= 0.6 is 0 Å². The monoisotopic (exact) mass is 411 g/mol. The maximum atomic E-state index is 12.1. The second-order valence-electron chi connectivity index (χ2n) is 8.46. The van der Waals surface area contributed by atoms with Gasteiger partial charge in [-0.1, -0.05) is 42.5 Å². The zero-order chi connectivity index (χ0) is 22.0. The van der Waals surface area contributed by atoms with Gasteiger partial charge in [0.1, 0.15) is 5.60 Å². The summed E-state index contributed by atoms with van der Waals surface area (Å²) < 4.78 is 0. The molecule has 1 aromatic heterocycles. The minimum Gasteiger partial charge on any atom is -0.380 e. The molecule has 4 rings (SSSR count). The number of aliphatic hydroxyl groups is 1. The van der Waals surface area contributed by atoms with Crippen LogP contribution in [0.15, 0.2) is 85.1 Å². The van der Waals surface area contributed by atoms with Gasteiger partial charge < -0.3 is 14.9 Å². The van der Waals surface area contributed by atoms with Crippen LogP contribution in [0.1, 0.15) is 16.7 Å². The molecule has 4 heteroatoms. The van der Waals surface area contributed by atoms with Gasteiger partial charge >= 0.3 is 0 Å². The quantitative estimate of drug-likeness (QED) is 0.493. The van der Waals surface area contributed by atoms with Crippen LogP contribution in [-0.2, 0) is 12.0 Å². The first-order valence-corrected chi connectivity index (χ1v) is 10.5. The van der Waals surface area contributed by atoms with Crippen LogP contribution in [0, 0.1) is 0 Å².